The predicted molar refractivity (Wildman–Crippen MR) is 88.4 cm³/mol. The quantitative estimate of drug-likeness (QED) is 0.833. The molecule has 1 unspecified atom stereocenters. The molecule has 2 rings (SSSR count). The highest BCUT2D eigenvalue weighted by Crippen LogP contribution is 2.30. The molecule has 0 amide bonds. The maximum Gasteiger partial charge on any atom is 0.333 e. The third-order valence-corrected chi connectivity index (χ3v) is 4.13. The molecule has 21 heavy (non-hydrogen) atoms. The van der Waals surface area contributed by atoms with Crippen LogP contribution in [0.15, 0.2) is 46.9 Å². The molecular weight excluding hydrogens is 330 g/mol. The Labute approximate surface area is 133 Å². The minimum Gasteiger partial charge on any atom is -0.467 e. The van der Waals surface area contributed by atoms with Crippen molar-refractivity contribution in [3.8, 4) is 0 Å². The number of rotatable bonds is 4. The number of carbonyl (C=O) groups excluding carboxylic acids is 1. The highest BCUT2D eigenvalue weighted by atomic mass is 79.9. The molecule has 0 saturated heterocycles. The second kappa shape index (κ2) is 6.76. The van der Waals surface area contributed by atoms with Gasteiger partial charge in [-0.05, 0) is 58.6 Å². The van der Waals surface area contributed by atoms with Gasteiger partial charge in [0.1, 0.15) is 0 Å². The molecule has 1 atom stereocenters. The maximum absolute atomic E-state index is 12.2. The van der Waals surface area contributed by atoms with Crippen molar-refractivity contribution in [3.05, 3.63) is 63.6 Å². The van der Waals surface area contributed by atoms with Crippen LogP contribution in [0.5, 0.6) is 0 Å². The van der Waals surface area contributed by atoms with Crippen molar-refractivity contribution in [2.45, 2.75) is 19.9 Å². The molecule has 0 fully saturated rings. The van der Waals surface area contributed by atoms with Gasteiger partial charge in [-0.2, -0.15) is 0 Å². The number of benzene rings is 2. The summed E-state index contributed by atoms with van der Waals surface area (Å²) in [7, 11) is 1.41. The number of carbonyl (C=O) groups is 1. The van der Waals surface area contributed by atoms with E-state index in [0.717, 1.165) is 26.9 Å². The molecule has 0 spiro atoms. The van der Waals surface area contributed by atoms with E-state index in [1.165, 1.54) is 7.11 Å². The topological polar surface area (TPSA) is 38.3 Å². The van der Waals surface area contributed by atoms with Crippen molar-refractivity contribution in [3.63, 3.8) is 0 Å². The van der Waals surface area contributed by atoms with Crippen LogP contribution in [0.3, 0.4) is 0 Å². The monoisotopic (exact) mass is 347 g/mol. The maximum atomic E-state index is 12.2. The van der Waals surface area contributed by atoms with E-state index in [4.69, 9.17) is 4.74 Å². The number of esters is 1. The van der Waals surface area contributed by atoms with Crippen LogP contribution in [0, 0.1) is 13.8 Å². The third kappa shape index (κ3) is 3.45. The molecule has 4 heteroatoms. The van der Waals surface area contributed by atoms with Crippen LogP contribution in [0.2, 0.25) is 0 Å². The molecule has 0 radical (unpaired) electrons. The summed E-state index contributed by atoms with van der Waals surface area (Å²) in [6, 6.07) is 13.2. The molecule has 110 valence electrons. The van der Waals surface area contributed by atoms with E-state index < -0.39 is 6.04 Å². The minimum atomic E-state index is -0.533. The Morgan fingerprint density at radius 2 is 1.71 bits per heavy atom. The molecule has 2 aromatic carbocycles. The first kappa shape index (κ1) is 15.6. The Balaban J connectivity index is 2.45. The van der Waals surface area contributed by atoms with E-state index in [1.54, 1.807) is 0 Å². The highest BCUT2D eigenvalue weighted by molar-refractivity contribution is 9.10. The zero-order valence-electron chi connectivity index (χ0n) is 12.3. The lowest BCUT2D eigenvalue weighted by Crippen LogP contribution is -2.24. The Bertz CT molecular complexity index is 635. The number of anilines is 1. The van der Waals surface area contributed by atoms with Crippen molar-refractivity contribution in [2.24, 2.45) is 0 Å². The normalized spacial score (nSPS) is 11.8. The van der Waals surface area contributed by atoms with Gasteiger partial charge in [0, 0.05) is 10.2 Å². The molecule has 0 aliphatic heterocycles. The summed E-state index contributed by atoms with van der Waals surface area (Å²) < 4.78 is 5.88. The van der Waals surface area contributed by atoms with Gasteiger partial charge in [-0.15, -0.1) is 0 Å². The van der Waals surface area contributed by atoms with Crippen LogP contribution in [-0.4, -0.2) is 13.1 Å². The van der Waals surface area contributed by atoms with E-state index in [1.807, 2.05) is 56.3 Å². The summed E-state index contributed by atoms with van der Waals surface area (Å²) in [6.07, 6.45) is 0. The third-order valence-electron chi connectivity index (χ3n) is 3.44. The summed E-state index contributed by atoms with van der Waals surface area (Å²) in [5.41, 5.74) is 3.94. The molecule has 0 aromatic heterocycles. The summed E-state index contributed by atoms with van der Waals surface area (Å²) in [5.74, 6) is -0.303. The molecule has 3 nitrogen and oxygen atoms in total. The van der Waals surface area contributed by atoms with Crippen molar-refractivity contribution < 1.29 is 9.53 Å². The first-order valence-electron chi connectivity index (χ1n) is 6.69. The molecule has 1 N–H and O–H groups in total. The first-order chi connectivity index (χ1) is 10.0. The number of aryl methyl sites for hydroxylation is 2. The molecule has 0 aliphatic rings. The van der Waals surface area contributed by atoms with Gasteiger partial charge in [0.05, 0.1) is 7.11 Å². The van der Waals surface area contributed by atoms with Gasteiger partial charge in [0.2, 0.25) is 0 Å². The van der Waals surface area contributed by atoms with Crippen molar-refractivity contribution >= 4 is 27.6 Å². The van der Waals surface area contributed by atoms with Crippen LogP contribution in [0.25, 0.3) is 0 Å². The Kier molecular flexibility index (Phi) is 5.02. The number of hydrogen-bond acceptors (Lipinski definition) is 3. The molecule has 0 saturated carbocycles. The van der Waals surface area contributed by atoms with E-state index in [2.05, 4.69) is 21.2 Å². The zero-order valence-corrected chi connectivity index (χ0v) is 13.9. The number of para-hydroxylation sites is 1. The van der Waals surface area contributed by atoms with Crippen molar-refractivity contribution in [1.29, 1.82) is 0 Å². The van der Waals surface area contributed by atoms with Gasteiger partial charge in [-0.25, -0.2) is 4.79 Å². The standard InChI is InChI=1S/C17H18BrNO2/c1-11-7-6-8-12(2)15(11)16(17(20)21-3)19-14-10-5-4-9-13(14)18/h4-10,16,19H,1-3H3. The summed E-state index contributed by atoms with van der Waals surface area (Å²) >= 11 is 3.49. The number of halogens is 1. The Morgan fingerprint density at radius 3 is 2.29 bits per heavy atom. The molecular formula is C17H18BrNO2. The predicted octanol–water partition coefficient (Wildman–Crippen LogP) is 4.39. The van der Waals surface area contributed by atoms with Crippen LogP contribution in [-0.2, 0) is 9.53 Å². The lowest BCUT2D eigenvalue weighted by Gasteiger charge is -2.22. The average Bonchev–Trinajstić information content (AvgIpc) is 2.47. The zero-order chi connectivity index (χ0) is 15.4. The highest BCUT2D eigenvalue weighted by Gasteiger charge is 2.25. The minimum absolute atomic E-state index is 0.303. The summed E-state index contributed by atoms with van der Waals surface area (Å²) in [6.45, 7) is 4.00. The molecule has 0 heterocycles. The fraction of sp³-hybridized carbons (Fsp3) is 0.235. The molecule has 0 bridgehead atoms. The van der Waals surface area contributed by atoms with Gasteiger partial charge in [-0.1, -0.05) is 30.3 Å². The van der Waals surface area contributed by atoms with E-state index >= 15 is 0 Å². The van der Waals surface area contributed by atoms with Gasteiger partial charge in [0.15, 0.2) is 6.04 Å². The van der Waals surface area contributed by atoms with Crippen molar-refractivity contribution in [1.82, 2.24) is 0 Å². The van der Waals surface area contributed by atoms with Crippen LogP contribution in [0.1, 0.15) is 22.7 Å². The van der Waals surface area contributed by atoms with Gasteiger partial charge in [-0.3, -0.25) is 0 Å². The van der Waals surface area contributed by atoms with Crippen LogP contribution in [0.4, 0.5) is 5.69 Å². The van der Waals surface area contributed by atoms with Gasteiger partial charge in [0.25, 0.3) is 0 Å². The second-order valence-electron chi connectivity index (χ2n) is 4.89. The lowest BCUT2D eigenvalue weighted by atomic mass is 9.96. The fourth-order valence-corrected chi connectivity index (χ4v) is 2.78. The van der Waals surface area contributed by atoms with E-state index in [0.29, 0.717) is 0 Å². The smallest absolute Gasteiger partial charge is 0.333 e. The SMILES string of the molecule is COC(=O)C(Nc1ccccc1Br)c1c(C)cccc1C. The fourth-order valence-electron chi connectivity index (χ4n) is 2.38. The lowest BCUT2D eigenvalue weighted by molar-refractivity contribution is -0.141. The number of nitrogens with one attached hydrogen (secondary N) is 1. The second-order valence-corrected chi connectivity index (χ2v) is 5.74. The average molecular weight is 348 g/mol. The first-order valence-corrected chi connectivity index (χ1v) is 7.49. The number of ether oxygens (including phenoxy) is 1. The van der Waals surface area contributed by atoms with Gasteiger partial charge < -0.3 is 10.1 Å². The largest absolute Gasteiger partial charge is 0.467 e. The van der Waals surface area contributed by atoms with Gasteiger partial charge >= 0.3 is 5.97 Å². The van der Waals surface area contributed by atoms with Crippen molar-refractivity contribution in [2.75, 3.05) is 12.4 Å². The summed E-state index contributed by atoms with van der Waals surface area (Å²) in [4.78, 5) is 12.2. The number of hydrogen-bond donors (Lipinski definition) is 1. The van der Waals surface area contributed by atoms with E-state index in [9.17, 15) is 4.79 Å². The van der Waals surface area contributed by atoms with Crippen LogP contribution < -0.4 is 5.32 Å². The van der Waals surface area contributed by atoms with Crippen LogP contribution >= 0.6 is 15.9 Å². The summed E-state index contributed by atoms with van der Waals surface area (Å²) in [5, 5.41) is 3.27. The molecule has 2 aromatic rings. The Hall–Kier alpha value is -1.81. The Morgan fingerprint density at radius 1 is 1.10 bits per heavy atom. The van der Waals surface area contributed by atoms with E-state index in [-0.39, 0.29) is 5.97 Å². The number of methoxy groups -OCH3 is 1. The molecule has 0 aliphatic carbocycles.